The number of aromatic nitrogens is 4. The van der Waals surface area contributed by atoms with Crippen molar-refractivity contribution in [1.29, 1.82) is 0 Å². The van der Waals surface area contributed by atoms with Crippen molar-refractivity contribution >= 4 is 18.1 Å². The minimum atomic E-state index is -0.955. The number of aromatic amines is 2. The van der Waals surface area contributed by atoms with E-state index in [-0.39, 0.29) is 35.9 Å². The Morgan fingerprint density at radius 1 is 0.880 bits per heavy atom. The summed E-state index contributed by atoms with van der Waals surface area (Å²) in [4.78, 5) is 56.8. The Hall–Kier alpha value is -5.17. The van der Waals surface area contributed by atoms with E-state index in [4.69, 9.17) is 9.47 Å². The molecule has 0 spiro atoms. The number of ether oxygens (including phenoxy) is 2. The molecular weight excluding hydrogens is 638 g/mol. The molecule has 5 atom stereocenters. The molecule has 4 N–H and O–H groups in total. The Kier molecular flexibility index (Phi) is 10.2. The van der Waals surface area contributed by atoms with Gasteiger partial charge in [-0.15, -0.1) is 0 Å². The van der Waals surface area contributed by atoms with E-state index in [1.807, 2.05) is 49.9 Å². The number of amides is 3. The van der Waals surface area contributed by atoms with Gasteiger partial charge < -0.3 is 34.8 Å². The molecule has 2 aromatic carbocycles. The van der Waals surface area contributed by atoms with Gasteiger partial charge in [0.15, 0.2) is 0 Å². The molecule has 6 rings (SSSR count). The number of likely N-dealkylation sites (tertiary alicyclic amines) is 2. The first-order valence-electron chi connectivity index (χ1n) is 17.0. The fourth-order valence-corrected chi connectivity index (χ4v) is 7.22. The molecule has 264 valence electrons. The van der Waals surface area contributed by atoms with Crippen molar-refractivity contribution in [1.82, 2.24) is 35.1 Å². The predicted octanol–water partition coefficient (Wildman–Crippen LogP) is 6.25. The Labute approximate surface area is 291 Å². The Balaban J connectivity index is 1.13. The van der Waals surface area contributed by atoms with Gasteiger partial charge >= 0.3 is 12.2 Å². The second-order valence-corrected chi connectivity index (χ2v) is 13.6. The van der Waals surface area contributed by atoms with Crippen molar-refractivity contribution in [2.75, 3.05) is 27.4 Å². The van der Waals surface area contributed by atoms with Crippen molar-refractivity contribution in [2.45, 2.75) is 64.2 Å². The lowest BCUT2D eigenvalue weighted by atomic mass is 10.0. The van der Waals surface area contributed by atoms with Gasteiger partial charge in [0.1, 0.15) is 17.7 Å². The summed E-state index contributed by atoms with van der Waals surface area (Å²) >= 11 is 0. The van der Waals surface area contributed by atoms with E-state index in [0.717, 1.165) is 52.3 Å². The average molecular weight is 684 g/mol. The first-order valence-corrected chi connectivity index (χ1v) is 17.0. The number of benzene rings is 2. The van der Waals surface area contributed by atoms with Crippen LogP contribution >= 0.6 is 0 Å². The van der Waals surface area contributed by atoms with E-state index in [9.17, 15) is 19.5 Å². The maximum atomic E-state index is 13.7. The van der Waals surface area contributed by atoms with Gasteiger partial charge in [-0.05, 0) is 54.4 Å². The number of methoxy groups -OCH3 is 2. The number of nitrogens with zero attached hydrogens (tertiary/aromatic N) is 4. The predicted molar refractivity (Wildman–Crippen MR) is 187 cm³/mol. The lowest BCUT2D eigenvalue weighted by Gasteiger charge is -2.32. The van der Waals surface area contributed by atoms with Crippen LogP contribution in [0, 0.1) is 11.8 Å². The molecule has 4 heterocycles. The molecule has 0 saturated carbocycles. The SMILES string of the molecule is COCC1CC(c2ncc(-c3ccc(-c4ccc(-c5cnc([C@@H]6CC[C@H](C)N6C(=O)C(NC(=O)OC)C(C)C)[nH]5)cc4)cc3)[nH]2)N(C(=O)O)C1. The zero-order valence-electron chi connectivity index (χ0n) is 29.1. The highest BCUT2D eigenvalue weighted by molar-refractivity contribution is 5.86. The van der Waals surface area contributed by atoms with Crippen LogP contribution in [0.3, 0.4) is 0 Å². The first-order chi connectivity index (χ1) is 24.1. The molecular formula is C37H45N7O6. The third-order valence-electron chi connectivity index (χ3n) is 9.90. The zero-order chi connectivity index (χ0) is 35.5. The molecule has 13 nitrogen and oxygen atoms in total. The second kappa shape index (κ2) is 14.8. The largest absolute Gasteiger partial charge is 0.465 e. The van der Waals surface area contributed by atoms with Crippen molar-refractivity contribution in [3.8, 4) is 33.6 Å². The van der Waals surface area contributed by atoms with Gasteiger partial charge in [-0.1, -0.05) is 62.4 Å². The van der Waals surface area contributed by atoms with Crippen LogP contribution in [0.15, 0.2) is 60.9 Å². The van der Waals surface area contributed by atoms with Gasteiger partial charge in [0.25, 0.3) is 0 Å². The van der Waals surface area contributed by atoms with Gasteiger partial charge in [0.2, 0.25) is 5.91 Å². The number of carbonyl (C=O) groups is 3. The smallest absolute Gasteiger partial charge is 0.407 e. The van der Waals surface area contributed by atoms with Crippen LogP contribution in [0.1, 0.15) is 63.8 Å². The van der Waals surface area contributed by atoms with E-state index in [1.54, 1.807) is 19.5 Å². The standard InChI is InChI=1S/C37H45N7O6/c1-21(2)32(42-36(46)50-5)35(45)44-22(3)6-15-30(44)33-38-17-28(40-33)26-11-7-24(8-12-26)25-9-13-27(14-10-25)29-18-39-34(41-29)31-16-23(20-49-4)19-43(31)37(47)48/h7-14,17-18,21-23,30-32H,6,15-16,19-20H2,1-5H3,(H,38,40)(H,39,41)(H,42,46)(H,47,48)/t22-,23?,30-,31?,32?/m0/s1. The lowest BCUT2D eigenvalue weighted by Crippen LogP contribution is -2.52. The van der Waals surface area contributed by atoms with Crippen molar-refractivity contribution in [3.63, 3.8) is 0 Å². The molecule has 13 heteroatoms. The molecule has 2 aliphatic rings. The molecule has 50 heavy (non-hydrogen) atoms. The number of nitrogens with one attached hydrogen (secondary N) is 3. The van der Waals surface area contributed by atoms with Gasteiger partial charge in [-0.2, -0.15) is 0 Å². The average Bonchev–Trinajstić information content (AvgIpc) is 3.93. The topological polar surface area (TPSA) is 166 Å². The molecule has 2 aliphatic heterocycles. The third kappa shape index (κ3) is 7.09. The van der Waals surface area contributed by atoms with E-state index in [1.165, 1.54) is 12.0 Å². The van der Waals surface area contributed by atoms with Crippen molar-refractivity contribution in [3.05, 3.63) is 72.6 Å². The fraction of sp³-hybridized carbons (Fsp3) is 0.432. The number of hydrogen-bond donors (Lipinski definition) is 4. The monoisotopic (exact) mass is 683 g/mol. The number of imidazole rings is 2. The van der Waals surface area contributed by atoms with Gasteiger partial charge in [0.05, 0.1) is 49.6 Å². The number of carboxylic acid groups (broad SMARTS) is 1. The van der Waals surface area contributed by atoms with Gasteiger partial charge in [0, 0.05) is 25.6 Å². The summed E-state index contributed by atoms with van der Waals surface area (Å²) in [6.07, 6.45) is 4.24. The second-order valence-electron chi connectivity index (χ2n) is 13.6. The summed E-state index contributed by atoms with van der Waals surface area (Å²) in [7, 11) is 2.92. The van der Waals surface area contributed by atoms with E-state index in [2.05, 4.69) is 49.5 Å². The number of rotatable bonds is 10. The van der Waals surface area contributed by atoms with Crippen molar-refractivity contribution in [2.24, 2.45) is 11.8 Å². The van der Waals surface area contributed by atoms with Gasteiger partial charge in [-0.3, -0.25) is 9.69 Å². The highest BCUT2D eigenvalue weighted by Gasteiger charge is 2.41. The van der Waals surface area contributed by atoms with Crippen LogP contribution in [0.4, 0.5) is 9.59 Å². The zero-order valence-corrected chi connectivity index (χ0v) is 29.1. The van der Waals surface area contributed by atoms with Crippen molar-refractivity contribution < 1.29 is 29.0 Å². The minimum absolute atomic E-state index is 0.00572. The number of H-pyrrole nitrogens is 2. The number of hydrogen-bond acceptors (Lipinski definition) is 7. The van der Waals surface area contributed by atoms with Crippen LogP contribution in [-0.4, -0.2) is 92.4 Å². The summed E-state index contributed by atoms with van der Waals surface area (Å²) in [5, 5.41) is 12.4. The molecule has 3 amide bonds. The quantitative estimate of drug-likeness (QED) is 0.152. The minimum Gasteiger partial charge on any atom is -0.465 e. The molecule has 2 fully saturated rings. The van der Waals surface area contributed by atoms with E-state index in [0.29, 0.717) is 25.4 Å². The molecule has 4 aromatic rings. The molecule has 3 unspecified atom stereocenters. The van der Waals surface area contributed by atoms with Crippen LogP contribution in [0.5, 0.6) is 0 Å². The lowest BCUT2D eigenvalue weighted by molar-refractivity contribution is -0.137. The normalized spacial score (nSPS) is 21.1. The Bertz CT molecular complexity index is 1800. The van der Waals surface area contributed by atoms with E-state index >= 15 is 0 Å². The molecule has 2 aromatic heterocycles. The molecule has 2 saturated heterocycles. The number of alkyl carbamates (subject to hydrolysis) is 1. The van der Waals surface area contributed by atoms with Crippen LogP contribution in [0.2, 0.25) is 0 Å². The molecule has 0 aliphatic carbocycles. The van der Waals surface area contributed by atoms with Crippen LogP contribution in [-0.2, 0) is 14.3 Å². The van der Waals surface area contributed by atoms with Crippen LogP contribution < -0.4 is 5.32 Å². The first kappa shape index (κ1) is 34.7. The maximum Gasteiger partial charge on any atom is 0.407 e. The number of carbonyl (C=O) groups excluding carboxylic acids is 2. The summed E-state index contributed by atoms with van der Waals surface area (Å²) in [6.45, 7) is 6.77. The maximum absolute atomic E-state index is 13.7. The Morgan fingerprint density at radius 3 is 1.92 bits per heavy atom. The van der Waals surface area contributed by atoms with Crippen LogP contribution in [0.25, 0.3) is 33.6 Å². The summed E-state index contributed by atoms with van der Waals surface area (Å²) in [5.74, 6) is 1.24. The summed E-state index contributed by atoms with van der Waals surface area (Å²) in [6, 6.07) is 15.1. The highest BCUT2D eigenvalue weighted by atomic mass is 16.5. The Morgan fingerprint density at radius 2 is 1.42 bits per heavy atom. The molecule has 0 radical (unpaired) electrons. The van der Waals surface area contributed by atoms with E-state index < -0.39 is 18.2 Å². The molecule has 0 bridgehead atoms. The summed E-state index contributed by atoms with van der Waals surface area (Å²) in [5.41, 5.74) is 5.72. The fourth-order valence-electron chi connectivity index (χ4n) is 7.22. The summed E-state index contributed by atoms with van der Waals surface area (Å²) < 4.78 is 10.0. The highest BCUT2D eigenvalue weighted by Crippen LogP contribution is 2.38. The third-order valence-corrected chi connectivity index (χ3v) is 9.90. The van der Waals surface area contributed by atoms with Gasteiger partial charge in [-0.25, -0.2) is 19.6 Å².